The average molecular weight is 347 g/mol. The van der Waals surface area contributed by atoms with Gasteiger partial charge < -0.3 is 21.1 Å². The maximum atomic E-state index is 9.98. The quantitative estimate of drug-likeness (QED) is 0.433. The number of nitrogens with two attached hydrogens (primary N) is 1. The number of nitrogens with zero attached hydrogens (tertiary/aromatic N) is 2. The molecule has 2 aromatic carbocycles. The lowest BCUT2D eigenvalue weighted by atomic mass is 10.3. The fraction of sp³-hybridized carbons (Fsp3) is 0. The van der Waals surface area contributed by atoms with Crippen LogP contribution in [0.15, 0.2) is 40.2 Å². The van der Waals surface area contributed by atoms with Gasteiger partial charge in [-0.3, -0.25) is 4.72 Å². The largest absolute Gasteiger partial charge is 0.506 e. The molecule has 6 N–H and O–H groups in total. The predicted molar refractivity (Wildman–Crippen MR) is 93.3 cm³/mol. The molecule has 0 aliphatic carbocycles. The first-order chi connectivity index (χ1) is 11.1. The van der Waals surface area contributed by atoms with Crippen LogP contribution >= 0.6 is 23.5 Å². The minimum absolute atomic E-state index is 0.0383. The number of benzene rings is 2. The molecule has 0 unspecified atom stereocenters. The maximum Gasteiger partial charge on any atom is 0.211 e. The topological polar surface area (TPSA) is 111 Å². The summed E-state index contributed by atoms with van der Waals surface area (Å²) in [5.41, 5.74) is 8.53. The Morgan fingerprint density at radius 3 is 3.00 bits per heavy atom. The van der Waals surface area contributed by atoms with Gasteiger partial charge in [-0.15, -0.1) is 0 Å². The molecule has 2 heterocycles. The van der Waals surface area contributed by atoms with Crippen molar-refractivity contribution in [2.45, 2.75) is 4.90 Å². The van der Waals surface area contributed by atoms with Crippen LogP contribution in [-0.2, 0) is 0 Å². The van der Waals surface area contributed by atoms with Crippen LogP contribution in [0.3, 0.4) is 0 Å². The van der Waals surface area contributed by atoms with Crippen molar-refractivity contribution in [2.24, 2.45) is 4.99 Å². The molecule has 1 aromatic heterocycles. The fourth-order valence-corrected chi connectivity index (χ4v) is 3.30. The Labute approximate surface area is 140 Å². The number of anilines is 2. The SMILES string of the molecule is Nc1nc2cc(NC3=Nc4c(O)cc(Cl)cc4SN3)ccc2[nH]1. The number of nitrogens with one attached hydrogen (secondary N) is 3. The van der Waals surface area contributed by atoms with E-state index in [1.165, 1.54) is 18.0 Å². The van der Waals surface area contributed by atoms with Crippen LogP contribution in [0.25, 0.3) is 11.0 Å². The summed E-state index contributed by atoms with van der Waals surface area (Å²) in [5, 5.41) is 13.6. The molecule has 0 atom stereocenters. The monoisotopic (exact) mass is 346 g/mol. The smallest absolute Gasteiger partial charge is 0.211 e. The molecule has 0 amide bonds. The summed E-state index contributed by atoms with van der Waals surface area (Å²) >= 11 is 7.24. The summed E-state index contributed by atoms with van der Waals surface area (Å²) in [6.07, 6.45) is 0. The van der Waals surface area contributed by atoms with Gasteiger partial charge in [-0.2, -0.15) is 0 Å². The number of aromatic nitrogens is 2. The standard InChI is InChI=1S/C14H11ClN6OS/c15-6-3-10(22)12-11(4-6)23-21-14(20-12)17-7-1-2-8-9(5-7)19-13(16)18-8/h1-5,22H,(H3,16,18,19)(H2,17,20,21). The summed E-state index contributed by atoms with van der Waals surface area (Å²) in [5.74, 6) is 0.913. The third kappa shape index (κ3) is 2.62. The van der Waals surface area contributed by atoms with Crippen LogP contribution in [0.2, 0.25) is 5.02 Å². The zero-order chi connectivity index (χ0) is 16.0. The Morgan fingerprint density at radius 2 is 2.13 bits per heavy atom. The highest BCUT2D eigenvalue weighted by atomic mass is 35.5. The summed E-state index contributed by atoms with van der Waals surface area (Å²) < 4.78 is 3.06. The second kappa shape index (κ2) is 5.25. The predicted octanol–water partition coefficient (Wildman–Crippen LogP) is 3.21. The molecule has 3 aromatic rings. The zero-order valence-electron chi connectivity index (χ0n) is 11.6. The first kappa shape index (κ1) is 14.0. The molecular weight excluding hydrogens is 336 g/mol. The van der Waals surface area contributed by atoms with Gasteiger partial charge in [-0.1, -0.05) is 11.6 Å². The van der Waals surface area contributed by atoms with Crippen LogP contribution in [-0.4, -0.2) is 21.0 Å². The van der Waals surface area contributed by atoms with E-state index in [9.17, 15) is 5.11 Å². The molecule has 0 spiro atoms. The van der Waals surface area contributed by atoms with Crippen LogP contribution in [0.5, 0.6) is 5.75 Å². The minimum atomic E-state index is 0.0383. The van der Waals surface area contributed by atoms with Gasteiger partial charge in [-0.25, -0.2) is 9.98 Å². The number of H-pyrrole nitrogens is 1. The molecule has 9 heteroatoms. The van der Waals surface area contributed by atoms with E-state index in [0.717, 1.165) is 21.6 Å². The first-order valence-electron chi connectivity index (χ1n) is 6.65. The number of aromatic hydroxyl groups is 1. The molecule has 0 saturated carbocycles. The molecule has 7 nitrogen and oxygen atoms in total. The number of phenols is 1. The molecule has 0 bridgehead atoms. The van der Waals surface area contributed by atoms with E-state index in [1.807, 2.05) is 18.2 Å². The third-order valence-corrected chi connectivity index (χ3v) is 4.31. The zero-order valence-corrected chi connectivity index (χ0v) is 13.2. The normalized spacial score (nSPS) is 13.3. The van der Waals surface area contributed by atoms with Gasteiger partial charge in [0.05, 0.1) is 15.9 Å². The summed E-state index contributed by atoms with van der Waals surface area (Å²) in [4.78, 5) is 12.3. The van der Waals surface area contributed by atoms with Crippen molar-refractivity contribution >= 4 is 57.9 Å². The fourth-order valence-electron chi connectivity index (χ4n) is 2.28. The minimum Gasteiger partial charge on any atom is -0.506 e. The third-order valence-electron chi connectivity index (χ3n) is 3.26. The Morgan fingerprint density at radius 1 is 1.26 bits per heavy atom. The average Bonchev–Trinajstić information content (AvgIpc) is 2.87. The van der Waals surface area contributed by atoms with Crippen molar-refractivity contribution in [1.29, 1.82) is 0 Å². The molecule has 1 aliphatic heterocycles. The first-order valence-corrected chi connectivity index (χ1v) is 7.84. The number of phenolic OH excluding ortho intramolecular Hbond substituents is 1. The van der Waals surface area contributed by atoms with E-state index in [1.54, 1.807) is 6.07 Å². The molecule has 0 saturated heterocycles. The number of aromatic amines is 1. The number of fused-ring (bicyclic) bond motifs is 2. The number of imidazole rings is 1. The van der Waals surface area contributed by atoms with Crippen LogP contribution in [0.1, 0.15) is 0 Å². The molecular formula is C14H11ClN6OS. The number of nitrogen functional groups attached to an aromatic ring is 1. The second-order valence-electron chi connectivity index (χ2n) is 4.92. The molecule has 0 radical (unpaired) electrons. The lowest BCUT2D eigenvalue weighted by molar-refractivity contribution is 0.475. The molecule has 0 fully saturated rings. The van der Waals surface area contributed by atoms with Gasteiger partial charge in [0.15, 0.2) is 5.95 Å². The highest BCUT2D eigenvalue weighted by molar-refractivity contribution is 7.98. The number of guanidine groups is 1. The van der Waals surface area contributed by atoms with Gasteiger partial charge in [0, 0.05) is 16.8 Å². The number of halogens is 1. The lowest BCUT2D eigenvalue weighted by Crippen LogP contribution is -2.26. The van der Waals surface area contributed by atoms with Crippen molar-refractivity contribution in [3.63, 3.8) is 0 Å². The summed E-state index contributed by atoms with van der Waals surface area (Å²) in [6.45, 7) is 0. The number of hydrogen-bond acceptors (Lipinski definition) is 7. The van der Waals surface area contributed by atoms with Gasteiger partial charge in [0.1, 0.15) is 11.4 Å². The van der Waals surface area contributed by atoms with Crippen molar-refractivity contribution < 1.29 is 5.11 Å². The van der Waals surface area contributed by atoms with Gasteiger partial charge in [-0.05, 0) is 36.2 Å². The van der Waals surface area contributed by atoms with Gasteiger partial charge in [0.25, 0.3) is 0 Å². The number of hydrogen-bond donors (Lipinski definition) is 5. The highest BCUT2D eigenvalue weighted by Gasteiger charge is 2.17. The Balaban J connectivity index is 1.66. The van der Waals surface area contributed by atoms with Crippen LogP contribution < -0.4 is 15.8 Å². The second-order valence-corrected chi connectivity index (χ2v) is 6.20. The van der Waals surface area contributed by atoms with Crippen molar-refractivity contribution in [1.82, 2.24) is 14.7 Å². The Kier molecular flexibility index (Phi) is 3.21. The van der Waals surface area contributed by atoms with E-state index in [-0.39, 0.29) is 5.75 Å². The van der Waals surface area contributed by atoms with Crippen LogP contribution in [0.4, 0.5) is 17.3 Å². The maximum absolute atomic E-state index is 9.98. The lowest BCUT2D eigenvalue weighted by Gasteiger charge is -2.18. The van der Waals surface area contributed by atoms with Gasteiger partial charge in [0.2, 0.25) is 5.96 Å². The Bertz CT molecular complexity index is 954. The van der Waals surface area contributed by atoms with Gasteiger partial charge >= 0.3 is 0 Å². The van der Waals surface area contributed by atoms with E-state index >= 15 is 0 Å². The molecule has 23 heavy (non-hydrogen) atoms. The molecule has 4 rings (SSSR count). The highest BCUT2D eigenvalue weighted by Crippen LogP contribution is 2.41. The summed E-state index contributed by atoms with van der Waals surface area (Å²) in [7, 11) is 0. The van der Waals surface area contributed by atoms with E-state index in [4.69, 9.17) is 17.3 Å². The van der Waals surface area contributed by atoms with E-state index < -0.39 is 0 Å². The van der Waals surface area contributed by atoms with Crippen molar-refractivity contribution in [3.05, 3.63) is 35.4 Å². The Hall–Kier alpha value is -2.58. The summed E-state index contributed by atoms with van der Waals surface area (Å²) in [6, 6.07) is 8.82. The molecule has 1 aliphatic rings. The van der Waals surface area contributed by atoms with Crippen LogP contribution in [0, 0.1) is 0 Å². The van der Waals surface area contributed by atoms with E-state index in [2.05, 4.69) is 25.0 Å². The van der Waals surface area contributed by atoms with Crippen molar-refractivity contribution in [2.75, 3.05) is 11.1 Å². The van der Waals surface area contributed by atoms with Crippen molar-refractivity contribution in [3.8, 4) is 5.75 Å². The number of rotatable bonds is 1. The van der Waals surface area contributed by atoms with E-state index in [0.29, 0.717) is 22.6 Å². The molecule has 116 valence electrons. The number of aliphatic imine (C=N–C) groups is 1.